The van der Waals surface area contributed by atoms with Crippen LogP contribution in [0.3, 0.4) is 0 Å². The highest BCUT2D eigenvalue weighted by Crippen LogP contribution is 2.36. The topological polar surface area (TPSA) is 75.2 Å². The van der Waals surface area contributed by atoms with Gasteiger partial charge in [-0.3, -0.25) is 4.90 Å². The van der Waals surface area contributed by atoms with Gasteiger partial charge >= 0.3 is 11.8 Å². The zero-order chi connectivity index (χ0) is 18.4. The van der Waals surface area contributed by atoms with Gasteiger partial charge < -0.3 is 15.0 Å². The molecule has 2 rings (SSSR count). The Morgan fingerprint density at radius 1 is 1.36 bits per heavy atom. The van der Waals surface area contributed by atoms with Gasteiger partial charge in [0, 0.05) is 11.9 Å². The van der Waals surface area contributed by atoms with Crippen molar-refractivity contribution in [1.82, 2.24) is 4.90 Å². The molecule has 0 saturated heterocycles. The van der Waals surface area contributed by atoms with Crippen LogP contribution in [0.4, 0.5) is 4.79 Å². The van der Waals surface area contributed by atoms with Crippen LogP contribution >= 0.6 is 11.8 Å². The molecule has 0 spiro atoms. The van der Waals surface area contributed by atoms with Gasteiger partial charge in [0.2, 0.25) is 0 Å². The van der Waals surface area contributed by atoms with Crippen LogP contribution in [-0.4, -0.2) is 42.3 Å². The lowest BCUT2D eigenvalue weighted by Gasteiger charge is -2.22. The number of carbonyl (C=O) groups is 1. The standard InChI is InChI=1S/C18H21N3O3S/c1-5-24-18(22)21(3)15-11-17(16(23-4)10-14(15)20-19)25-13-8-6-12(2)7-9-13/h6-9,11H,5,10H2,1-4H3. The van der Waals surface area contributed by atoms with E-state index in [2.05, 4.69) is 4.79 Å². The van der Waals surface area contributed by atoms with Crippen LogP contribution in [0.25, 0.3) is 5.53 Å². The Balaban J connectivity index is 2.38. The van der Waals surface area contributed by atoms with Crippen molar-refractivity contribution in [2.45, 2.75) is 25.2 Å². The van der Waals surface area contributed by atoms with Crippen molar-refractivity contribution in [2.75, 3.05) is 20.8 Å². The van der Waals surface area contributed by atoms with Crippen LogP contribution in [0.2, 0.25) is 0 Å². The molecule has 0 N–H and O–H groups in total. The van der Waals surface area contributed by atoms with E-state index < -0.39 is 6.09 Å². The highest BCUT2D eigenvalue weighted by molar-refractivity contribution is 8.03. The fourth-order valence-electron chi connectivity index (χ4n) is 2.31. The van der Waals surface area contributed by atoms with Crippen molar-refractivity contribution in [3.63, 3.8) is 0 Å². The zero-order valence-electron chi connectivity index (χ0n) is 14.8. The van der Waals surface area contributed by atoms with Gasteiger partial charge in [-0.1, -0.05) is 29.5 Å². The van der Waals surface area contributed by atoms with Gasteiger partial charge in [-0.25, -0.2) is 4.79 Å². The molecule has 1 aliphatic carbocycles. The van der Waals surface area contributed by atoms with Gasteiger partial charge in [0.1, 0.15) is 17.9 Å². The van der Waals surface area contributed by atoms with Gasteiger partial charge in [0.15, 0.2) is 0 Å². The summed E-state index contributed by atoms with van der Waals surface area (Å²) in [5.74, 6) is 0.680. The lowest BCUT2D eigenvalue weighted by Crippen LogP contribution is -2.32. The van der Waals surface area contributed by atoms with Crippen LogP contribution < -0.4 is 0 Å². The monoisotopic (exact) mass is 359 g/mol. The van der Waals surface area contributed by atoms with E-state index in [0.717, 1.165) is 9.80 Å². The van der Waals surface area contributed by atoms with Gasteiger partial charge in [0.25, 0.3) is 0 Å². The van der Waals surface area contributed by atoms with Crippen LogP contribution in [0.5, 0.6) is 0 Å². The Labute approximate surface area is 151 Å². The number of hydrogen-bond donors (Lipinski definition) is 0. The first-order chi connectivity index (χ1) is 12.0. The highest BCUT2D eigenvalue weighted by Gasteiger charge is 2.32. The number of allylic oxidation sites excluding steroid dienone is 3. The van der Waals surface area contributed by atoms with Crippen LogP contribution in [0.1, 0.15) is 18.9 Å². The minimum absolute atomic E-state index is 0.270. The average molecular weight is 359 g/mol. The van der Waals surface area contributed by atoms with Crippen molar-refractivity contribution in [1.29, 1.82) is 0 Å². The normalized spacial score (nSPS) is 13.9. The average Bonchev–Trinajstić information content (AvgIpc) is 2.62. The third-order valence-electron chi connectivity index (χ3n) is 3.69. The molecule has 1 aliphatic rings. The maximum Gasteiger partial charge on any atom is 0.414 e. The highest BCUT2D eigenvalue weighted by atomic mass is 32.2. The summed E-state index contributed by atoms with van der Waals surface area (Å²) in [6.07, 6.45) is 1.56. The van der Waals surface area contributed by atoms with Crippen molar-refractivity contribution in [3.8, 4) is 0 Å². The number of rotatable bonds is 5. The Kier molecular flexibility index (Phi) is 6.44. The maximum atomic E-state index is 12.0. The minimum Gasteiger partial charge on any atom is -0.499 e. The molecule has 0 radical (unpaired) electrons. The van der Waals surface area contributed by atoms with E-state index in [0.29, 0.717) is 17.2 Å². The molecular weight excluding hydrogens is 338 g/mol. The first-order valence-electron chi connectivity index (χ1n) is 7.85. The van der Waals surface area contributed by atoms with Crippen molar-refractivity contribution < 1.29 is 19.1 Å². The second-order valence-corrected chi connectivity index (χ2v) is 6.53. The number of benzene rings is 1. The molecule has 7 heteroatoms. The molecule has 132 valence electrons. The first kappa shape index (κ1) is 18.8. The second kappa shape index (κ2) is 8.55. The first-order valence-corrected chi connectivity index (χ1v) is 8.67. The number of thioether (sulfide) groups is 1. The molecular formula is C18H21N3O3S. The summed E-state index contributed by atoms with van der Waals surface area (Å²) >= 11 is 1.53. The molecule has 1 amide bonds. The number of hydrogen-bond acceptors (Lipinski definition) is 4. The maximum absolute atomic E-state index is 12.0. The van der Waals surface area contributed by atoms with Gasteiger partial charge in [-0.15, -0.1) is 0 Å². The summed E-state index contributed by atoms with van der Waals surface area (Å²) in [7, 11) is 3.16. The van der Waals surface area contributed by atoms with E-state index in [4.69, 9.17) is 9.47 Å². The number of carbonyl (C=O) groups excluding carboxylic acids is 1. The van der Waals surface area contributed by atoms with Crippen LogP contribution in [0, 0.1) is 6.92 Å². The zero-order valence-corrected chi connectivity index (χ0v) is 15.6. The molecule has 1 aromatic carbocycles. The molecule has 0 heterocycles. The predicted octanol–water partition coefficient (Wildman–Crippen LogP) is 3.99. The fraction of sp³-hybridized carbons (Fsp3) is 0.333. The lowest BCUT2D eigenvalue weighted by molar-refractivity contribution is -0.00989. The van der Waals surface area contributed by atoms with E-state index in [1.54, 1.807) is 27.2 Å². The SMILES string of the molecule is CCOC(=O)N(C)C1=CC(Sc2ccc(C)cc2)=C(OC)CC1=[N+]=[N-]. The molecule has 0 bridgehead atoms. The molecule has 0 aliphatic heterocycles. The van der Waals surface area contributed by atoms with E-state index >= 15 is 0 Å². The molecule has 1 aromatic rings. The van der Waals surface area contributed by atoms with E-state index in [9.17, 15) is 10.3 Å². The molecule has 0 atom stereocenters. The molecule has 25 heavy (non-hydrogen) atoms. The van der Waals surface area contributed by atoms with Crippen molar-refractivity contribution in [3.05, 3.63) is 57.8 Å². The summed E-state index contributed by atoms with van der Waals surface area (Å²) < 4.78 is 10.5. The minimum atomic E-state index is -0.504. The van der Waals surface area contributed by atoms with E-state index in [1.807, 2.05) is 31.2 Å². The third-order valence-corrected chi connectivity index (χ3v) is 4.76. The number of methoxy groups -OCH3 is 1. The van der Waals surface area contributed by atoms with Gasteiger partial charge in [0.05, 0.1) is 18.6 Å². The van der Waals surface area contributed by atoms with E-state index in [-0.39, 0.29) is 13.0 Å². The molecule has 6 nitrogen and oxygen atoms in total. The van der Waals surface area contributed by atoms with Crippen LogP contribution in [0.15, 0.2) is 51.6 Å². The van der Waals surface area contributed by atoms with Crippen molar-refractivity contribution >= 4 is 23.6 Å². The molecule has 0 saturated carbocycles. The largest absolute Gasteiger partial charge is 0.499 e. The summed E-state index contributed by atoms with van der Waals surface area (Å²) in [6.45, 7) is 4.04. The fourth-order valence-corrected chi connectivity index (χ4v) is 3.27. The second-order valence-electron chi connectivity index (χ2n) is 5.42. The number of aryl methyl sites for hydroxylation is 1. The molecule has 0 fully saturated rings. The summed E-state index contributed by atoms with van der Waals surface area (Å²) in [5.41, 5.74) is 11.3. The Morgan fingerprint density at radius 3 is 2.60 bits per heavy atom. The number of nitrogens with zero attached hydrogens (tertiary/aromatic N) is 3. The molecule has 0 unspecified atom stereocenters. The Bertz CT molecular complexity index is 762. The van der Waals surface area contributed by atoms with E-state index in [1.165, 1.54) is 22.2 Å². The van der Waals surface area contributed by atoms with Crippen molar-refractivity contribution in [2.24, 2.45) is 0 Å². The predicted molar refractivity (Wildman–Crippen MR) is 97.2 cm³/mol. The third kappa shape index (κ3) is 4.53. The summed E-state index contributed by atoms with van der Waals surface area (Å²) in [4.78, 5) is 18.6. The van der Waals surface area contributed by atoms with Crippen LogP contribution in [-0.2, 0) is 9.47 Å². The van der Waals surface area contributed by atoms with Gasteiger partial charge in [-0.2, -0.15) is 4.79 Å². The number of amides is 1. The summed E-state index contributed by atoms with van der Waals surface area (Å²) in [6, 6.07) is 8.12. The lowest BCUT2D eigenvalue weighted by atomic mass is 10.1. The quantitative estimate of drug-likeness (QED) is 0.588. The molecule has 0 aromatic heterocycles. The number of ether oxygens (including phenoxy) is 2. The van der Waals surface area contributed by atoms with Gasteiger partial charge in [-0.05, 0) is 32.1 Å². The summed E-state index contributed by atoms with van der Waals surface area (Å²) in [5, 5.41) is 0. The smallest absolute Gasteiger partial charge is 0.414 e. The Morgan fingerprint density at radius 2 is 2.04 bits per heavy atom. The Hall–Kier alpha value is -2.50.